The Kier molecular flexibility index (Phi) is 3.28. The first kappa shape index (κ1) is 14.4. The summed E-state index contributed by atoms with van der Waals surface area (Å²) in [6.07, 6.45) is 2.94. The smallest absolute Gasteiger partial charge is 0.348 e. The Morgan fingerprint density at radius 3 is 2.05 bits per heavy atom. The van der Waals surface area contributed by atoms with Crippen LogP contribution in [0.1, 0.15) is 27.7 Å². The number of hydrogen-bond acceptors (Lipinski definition) is 6. The third-order valence-electron chi connectivity index (χ3n) is 3.32. The highest BCUT2D eigenvalue weighted by molar-refractivity contribution is 6.15. The van der Waals surface area contributed by atoms with Gasteiger partial charge in [-0.25, -0.2) is 9.59 Å². The fraction of sp³-hybridized carbons (Fsp3) is 0.571. The van der Waals surface area contributed by atoms with E-state index in [1.54, 1.807) is 6.08 Å². The Morgan fingerprint density at radius 2 is 1.60 bits per heavy atom. The molecule has 2 aliphatic rings. The van der Waals surface area contributed by atoms with Crippen molar-refractivity contribution in [1.82, 2.24) is 4.90 Å². The highest BCUT2D eigenvalue weighted by Crippen LogP contribution is 2.28. The minimum atomic E-state index is -1.22. The molecule has 0 amide bonds. The molecule has 0 aromatic heterocycles. The second-order valence-electron chi connectivity index (χ2n) is 5.92. The normalized spacial score (nSPS) is 26.1. The zero-order valence-electron chi connectivity index (χ0n) is 12.4. The Morgan fingerprint density at radius 1 is 1.05 bits per heavy atom. The average molecular weight is 281 g/mol. The number of carbonyl (C=O) groups excluding carboxylic acids is 2. The van der Waals surface area contributed by atoms with Gasteiger partial charge in [0.25, 0.3) is 5.79 Å². The van der Waals surface area contributed by atoms with E-state index in [0.717, 1.165) is 0 Å². The molecular weight excluding hydrogens is 262 g/mol. The average Bonchev–Trinajstić information content (AvgIpc) is 2.53. The molecule has 2 fully saturated rings. The summed E-state index contributed by atoms with van der Waals surface area (Å²) in [5.41, 5.74) is -0.265. The third-order valence-corrected chi connectivity index (χ3v) is 3.32. The molecule has 0 aromatic carbocycles. The largest absolute Gasteiger partial charge is 0.477 e. The van der Waals surface area contributed by atoms with E-state index in [-0.39, 0.29) is 11.1 Å². The zero-order valence-corrected chi connectivity index (χ0v) is 12.4. The molecule has 0 atom stereocenters. The summed E-state index contributed by atoms with van der Waals surface area (Å²) in [6.45, 7) is 7.63. The summed E-state index contributed by atoms with van der Waals surface area (Å²) >= 11 is 0. The molecule has 0 bridgehead atoms. The van der Waals surface area contributed by atoms with E-state index in [9.17, 15) is 9.59 Å². The Labute approximate surface area is 118 Å². The lowest BCUT2D eigenvalue weighted by Gasteiger charge is -2.29. The minimum absolute atomic E-state index is 0.125. The van der Waals surface area contributed by atoms with Crippen LogP contribution in [-0.4, -0.2) is 41.8 Å². The van der Waals surface area contributed by atoms with E-state index in [1.807, 2.05) is 25.8 Å². The molecule has 2 rings (SSSR count). The Bertz CT molecular complexity index is 494. The van der Waals surface area contributed by atoms with Gasteiger partial charge in [0, 0.05) is 20.9 Å². The molecule has 0 aromatic rings. The van der Waals surface area contributed by atoms with Crippen LogP contribution in [0.5, 0.6) is 0 Å². The van der Waals surface area contributed by atoms with Crippen LogP contribution in [0.15, 0.2) is 23.6 Å². The maximum absolute atomic E-state index is 11.8. The van der Waals surface area contributed by atoms with Gasteiger partial charge in [0.2, 0.25) is 0 Å². The standard InChI is InChI=1S/C14H19NO5/c1-13(2)8-18-10(15(13)5)7-6-9-11(16)19-14(3,4)20-12(9)17/h6-7H,8H2,1-5H3/b10-7+. The molecule has 6 nitrogen and oxygen atoms in total. The van der Waals surface area contributed by atoms with Gasteiger partial charge in [0.15, 0.2) is 5.88 Å². The summed E-state index contributed by atoms with van der Waals surface area (Å²) in [7, 11) is 1.89. The number of allylic oxidation sites excluding steroid dienone is 2. The number of esters is 2. The summed E-state index contributed by atoms with van der Waals surface area (Å²) in [4.78, 5) is 25.5. The van der Waals surface area contributed by atoms with Gasteiger partial charge in [0.05, 0.1) is 5.54 Å². The summed E-state index contributed by atoms with van der Waals surface area (Å²) in [6, 6.07) is 0. The fourth-order valence-electron chi connectivity index (χ4n) is 1.85. The fourth-order valence-corrected chi connectivity index (χ4v) is 1.85. The number of rotatable bonds is 1. The molecule has 110 valence electrons. The second-order valence-corrected chi connectivity index (χ2v) is 5.92. The topological polar surface area (TPSA) is 65.1 Å². The van der Waals surface area contributed by atoms with E-state index in [1.165, 1.54) is 19.9 Å². The van der Waals surface area contributed by atoms with Gasteiger partial charge in [-0.05, 0) is 26.0 Å². The molecule has 0 aliphatic carbocycles. The Hall–Kier alpha value is -1.98. The van der Waals surface area contributed by atoms with Crippen molar-refractivity contribution in [3.05, 3.63) is 23.6 Å². The van der Waals surface area contributed by atoms with Crippen molar-refractivity contribution in [2.75, 3.05) is 13.7 Å². The number of ether oxygens (including phenoxy) is 3. The molecule has 0 spiro atoms. The molecular formula is C14H19NO5. The van der Waals surface area contributed by atoms with Gasteiger partial charge in [0.1, 0.15) is 12.2 Å². The molecule has 0 saturated carbocycles. The Balaban J connectivity index is 2.20. The van der Waals surface area contributed by atoms with Gasteiger partial charge in [-0.15, -0.1) is 0 Å². The van der Waals surface area contributed by atoms with Gasteiger partial charge in [-0.2, -0.15) is 0 Å². The SMILES string of the molecule is CN1/C(=C\C=C2C(=O)OC(C)(C)OC2=O)OCC1(C)C. The lowest BCUT2D eigenvalue weighted by molar-refractivity contribution is -0.222. The van der Waals surface area contributed by atoms with Crippen LogP contribution in [0.3, 0.4) is 0 Å². The predicted octanol–water partition coefficient (Wildman–Crippen LogP) is 1.33. The highest BCUT2D eigenvalue weighted by atomic mass is 16.7. The van der Waals surface area contributed by atoms with Crippen molar-refractivity contribution in [2.45, 2.75) is 39.0 Å². The van der Waals surface area contributed by atoms with Crippen LogP contribution in [0.2, 0.25) is 0 Å². The highest BCUT2D eigenvalue weighted by Gasteiger charge is 2.39. The van der Waals surface area contributed by atoms with Crippen LogP contribution >= 0.6 is 0 Å². The molecule has 20 heavy (non-hydrogen) atoms. The van der Waals surface area contributed by atoms with Crippen LogP contribution in [0.4, 0.5) is 0 Å². The third kappa shape index (κ3) is 2.64. The summed E-state index contributed by atoms with van der Waals surface area (Å²) in [5.74, 6) is -2.01. The maximum Gasteiger partial charge on any atom is 0.348 e. The van der Waals surface area contributed by atoms with E-state index < -0.39 is 17.7 Å². The zero-order chi connectivity index (χ0) is 15.1. The molecule has 2 saturated heterocycles. The van der Waals surface area contributed by atoms with Crippen molar-refractivity contribution >= 4 is 11.9 Å². The van der Waals surface area contributed by atoms with E-state index in [4.69, 9.17) is 14.2 Å². The number of carbonyl (C=O) groups is 2. The van der Waals surface area contributed by atoms with Crippen LogP contribution in [-0.2, 0) is 23.8 Å². The molecule has 2 aliphatic heterocycles. The number of hydrogen-bond donors (Lipinski definition) is 0. The maximum atomic E-state index is 11.8. The molecule has 2 heterocycles. The van der Waals surface area contributed by atoms with Gasteiger partial charge >= 0.3 is 11.9 Å². The van der Waals surface area contributed by atoms with E-state index in [2.05, 4.69) is 0 Å². The van der Waals surface area contributed by atoms with Crippen molar-refractivity contribution in [3.8, 4) is 0 Å². The van der Waals surface area contributed by atoms with Crippen molar-refractivity contribution in [2.24, 2.45) is 0 Å². The molecule has 0 N–H and O–H groups in total. The summed E-state index contributed by atoms with van der Waals surface area (Å²) < 4.78 is 15.5. The van der Waals surface area contributed by atoms with Gasteiger partial charge in [-0.3, -0.25) is 0 Å². The lowest BCUT2D eigenvalue weighted by atomic mass is 10.1. The number of likely N-dealkylation sites (N-methyl/N-ethyl adjacent to an activating group) is 1. The van der Waals surface area contributed by atoms with Crippen LogP contribution in [0.25, 0.3) is 0 Å². The van der Waals surface area contributed by atoms with E-state index >= 15 is 0 Å². The van der Waals surface area contributed by atoms with Gasteiger partial charge in [-0.1, -0.05) is 0 Å². The first-order valence-electron chi connectivity index (χ1n) is 6.38. The summed E-state index contributed by atoms with van der Waals surface area (Å²) in [5, 5.41) is 0. The number of nitrogens with zero attached hydrogens (tertiary/aromatic N) is 1. The van der Waals surface area contributed by atoms with Crippen LogP contribution < -0.4 is 0 Å². The predicted molar refractivity (Wildman–Crippen MR) is 70.2 cm³/mol. The quantitative estimate of drug-likeness (QED) is 0.410. The van der Waals surface area contributed by atoms with Crippen molar-refractivity contribution < 1.29 is 23.8 Å². The first-order chi connectivity index (χ1) is 9.12. The number of cyclic esters (lactones) is 2. The first-order valence-corrected chi connectivity index (χ1v) is 6.38. The molecule has 0 unspecified atom stereocenters. The minimum Gasteiger partial charge on any atom is -0.477 e. The lowest BCUT2D eigenvalue weighted by Crippen LogP contribution is -2.41. The van der Waals surface area contributed by atoms with Crippen molar-refractivity contribution in [1.29, 1.82) is 0 Å². The van der Waals surface area contributed by atoms with E-state index in [0.29, 0.717) is 12.5 Å². The monoisotopic (exact) mass is 281 g/mol. The second kappa shape index (κ2) is 4.54. The van der Waals surface area contributed by atoms with Gasteiger partial charge < -0.3 is 19.1 Å². The molecule has 0 radical (unpaired) electrons. The van der Waals surface area contributed by atoms with Crippen LogP contribution in [0, 0.1) is 0 Å². The van der Waals surface area contributed by atoms with Crippen molar-refractivity contribution in [3.63, 3.8) is 0 Å². The molecule has 6 heteroatoms.